The van der Waals surface area contributed by atoms with Gasteiger partial charge in [-0.3, -0.25) is 4.79 Å². The number of halogens is 2. The maximum atomic E-state index is 13.1. The van der Waals surface area contributed by atoms with E-state index in [1.165, 1.54) is 18.2 Å². The standard InChI is InChI=1S/C15H10BrFN2O2/c16-10-3-1-2-8-6-13(21-14(8)10)15(20)19-9-4-5-11(17)12(18)7-9/h1-7H,18H2,(H,19,20). The van der Waals surface area contributed by atoms with Gasteiger partial charge in [0.15, 0.2) is 5.76 Å². The van der Waals surface area contributed by atoms with E-state index < -0.39 is 11.7 Å². The first-order chi connectivity index (χ1) is 10.0. The Kier molecular flexibility index (Phi) is 3.39. The molecule has 0 fully saturated rings. The first-order valence-electron chi connectivity index (χ1n) is 6.09. The molecule has 1 heterocycles. The highest BCUT2D eigenvalue weighted by Crippen LogP contribution is 2.27. The van der Waals surface area contributed by atoms with Crippen LogP contribution in [0.2, 0.25) is 0 Å². The summed E-state index contributed by atoms with van der Waals surface area (Å²) in [6.07, 6.45) is 0. The highest BCUT2D eigenvalue weighted by Gasteiger charge is 2.14. The van der Waals surface area contributed by atoms with Crippen molar-refractivity contribution in [3.05, 3.63) is 58.5 Å². The summed E-state index contributed by atoms with van der Waals surface area (Å²) in [4.78, 5) is 12.1. The molecule has 3 N–H and O–H groups in total. The zero-order valence-corrected chi connectivity index (χ0v) is 12.3. The normalized spacial score (nSPS) is 10.8. The molecule has 0 saturated carbocycles. The second-order valence-corrected chi connectivity index (χ2v) is 5.31. The number of nitrogens with two attached hydrogens (primary N) is 1. The fourth-order valence-electron chi connectivity index (χ4n) is 1.95. The molecule has 0 atom stereocenters. The molecule has 0 unspecified atom stereocenters. The fourth-order valence-corrected chi connectivity index (χ4v) is 2.42. The van der Waals surface area contributed by atoms with Gasteiger partial charge in [-0.15, -0.1) is 0 Å². The fraction of sp³-hybridized carbons (Fsp3) is 0. The van der Waals surface area contributed by atoms with Gasteiger partial charge >= 0.3 is 0 Å². The van der Waals surface area contributed by atoms with Gasteiger partial charge in [0.2, 0.25) is 0 Å². The third-order valence-corrected chi connectivity index (χ3v) is 3.60. The van der Waals surface area contributed by atoms with Crippen LogP contribution < -0.4 is 11.1 Å². The number of amides is 1. The molecule has 0 aliphatic heterocycles. The average molecular weight is 349 g/mol. The Bertz CT molecular complexity index is 845. The number of nitrogens with one attached hydrogen (secondary N) is 1. The van der Waals surface area contributed by atoms with Crippen LogP contribution in [0.4, 0.5) is 15.8 Å². The Labute approximate surface area is 127 Å². The SMILES string of the molecule is Nc1cc(NC(=O)c2cc3cccc(Br)c3o2)ccc1F. The predicted octanol–water partition coefficient (Wildman–Crippen LogP) is 4.17. The molecule has 0 aliphatic rings. The number of rotatable bonds is 2. The molecule has 2 aromatic carbocycles. The largest absolute Gasteiger partial charge is 0.450 e. The van der Waals surface area contributed by atoms with Gasteiger partial charge < -0.3 is 15.5 Å². The highest BCUT2D eigenvalue weighted by molar-refractivity contribution is 9.10. The van der Waals surface area contributed by atoms with E-state index in [2.05, 4.69) is 21.2 Å². The summed E-state index contributed by atoms with van der Waals surface area (Å²) >= 11 is 3.36. The van der Waals surface area contributed by atoms with E-state index in [0.717, 1.165) is 9.86 Å². The van der Waals surface area contributed by atoms with E-state index in [1.807, 2.05) is 18.2 Å². The van der Waals surface area contributed by atoms with Crippen molar-refractivity contribution in [1.82, 2.24) is 0 Å². The molecule has 0 radical (unpaired) electrons. The molecular formula is C15H10BrFN2O2. The maximum Gasteiger partial charge on any atom is 0.291 e. The van der Waals surface area contributed by atoms with Crippen molar-refractivity contribution in [2.75, 3.05) is 11.1 Å². The minimum Gasteiger partial charge on any atom is -0.450 e. The number of benzene rings is 2. The van der Waals surface area contributed by atoms with E-state index in [1.54, 1.807) is 6.07 Å². The van der Waals surface area contributed by atoms with Gasteiger partial charge in [0.25, 0.3) is 5.91 Å². The van der Waals surface area contributed by atoms with Gasteiger partial charge in [0.05, 0.1) is 10.2 Å². The minimum absolute atomic E-state index is 0.0276. The lowest BCUT2D eigenvalue weighted by Gasteiger charge is -2.04. The van der Waals surface area contributed by atoms with Crippen LogP contribution in [0.3, 0.4) is 0 Å². The van der Waals surface area contributed by atoms with Crippen LogP contribution in [0.5, 0.6) is 0 Å². The maximum absolute atomic E-state index is 13.1. The number of carbonyl (C=O) groups excluding carboxylic acids is 1. The molecule has 0 saturated heterocycles. The van der Waals surface area contributed by atoms with Crippen LogP contribution in [0.15, 0.2) is 51.4 Å². The van der Waals surface area contributed by atoms with E-state index >= 15 is 0 Å². The van der Waals surface area contributed by atoms with Crippen molar-refractivity contribution in [2.45, 2.75) is 0 Å². The Hall–Kier alpha value is -2.34. The first-order valence-corrected chi connectivity index (χ1v) is 6.88. The topological polar surface area (TPSA) is 68.3 Å². The van der Waals surface area contributed by atoms with Crippen LogP contribution in [0.25, 0.3) is 11.0 Å². The van der Waals surface area contributed by atoms with E-state index in [0.29, 0.717) is 11.3 Å². The minimum atomic E-state index is -0.527. The summed E-state index contributed by atoms with van der Waals surface area (Å²) in [5.74, 6) is -0.787. The number of anilines is 2. The quantitative estimate of drug-likeness (QED) is 0.683. The number of nitrogen functional groups attached to an aromatic ring is 1. The van der Waals surface area contributed by atoms with Crippen LogP contribution in [0.1, 0.15) is 10.6 Å². The number of furan rings is 1. The second kappa shape index (κ2) is 5.21. The van der Waals surface area contributed by atoms with Crippen molar-refractivity contribution in [3.8, 4) is 0 Å². The van der Waals surface area contributed by atoms with Gasteiger partial charge in [-0.1, -0.05) is 12.1 Å². The zero-order valence-electron chi connectivity index (χ0n) is 10.7. The summed E-state index contributed by atoms with van der Waals surface area (Å²) in [7, 11) is 0. The van der Waals surface area contributed by atoms with Crippen LogP contribution in [-0.4, -0.2) is 5.91 Å². The average Bonchev–Trinajstić information content (AvgIpc) is 2.89. The van der Waals surface area contributed by atoms with Crippen molar-refractivity contribution < 1.29 is 13.6 Å². The molecule has 1 amide bonds. The highest BCUT2D eigenvalue weighted by atomic mass is 79.9. The summed E-state index contributed by atoms with van der Waals surface area (Å²) in [6, 6.07) is 11.1. The monoisotopic (exact) mass is 348 g/mol. The molecule has 0 spiro atoms. The van der Waals surface area contributed by atoms with Crippen LogP contribution in [-0.2, 0) is 0 Å². The first kappa shape index (κ1) is 13.6. The molecule has 21 heavy (non-hydrogen) atoms. The second-order valence-electron chi connectivity index (χ2n) is 4.46. The molecule has 3 aromatic rings. The Morgan fingerprint density at radius 3 is 2.76 bits per heavy atom. The Morgan fingerprint density at radius 2 is 2.05 bits per heavy atom. The lowest BCUT2D eigenvalue weighted by Crippen LogP contribution is -2.11. The Morgan fingerprint density at radius 1 is 1.24 bits per heavy atom. The van der Waals surface area contributed by atoms with Gasteiger partial charge in [-0.25, -0.2) is 4.39 Å². The number of hydrogen-bond acceptors (Lipinski definition) is 3. The van der Waals surface area contributed by atoms with Crippen molar-refractivity contribution in [1.29, 1.82) is 0 Å². The number of para-hydroxylation sites is 1. The van der Waals surface area contributed by atoms with Gasteiger partial charge in [-0.05, 0) is 46.3 Å². The van der Waals surface area contributed by atoms with E-state index in [9.17, 15) is 9.18 Å². The number of hydrogen-bond donors (Lipinski definition) is 2. The molecule has 6 heteroatoms. The smallest absolute Gasteiger partial charge is 0.291 e. The summed E-state index contributed by atoms with van der Waals surface area (Å²) in [5.41, 5.74) is 6.43. The predicted molar refractivity (Wildman–Crippen MR) is 82.7 cm³/mol. The summed E-state index contributed by atoms with van der Waals surface area (Å²) < 4.78 is 19.4. The van der Waals surface area contributed by atoms with E-state index in [-0.39, 0.29) is 11.4 Å². The third kappa shape index (κ3) is 2.62. The van der Waals surface area contributed by atoms with E-state index in [4.69, 9.17) is 10.2 Å². The lowest BCUT2D eigenvalue weighted by molar-refractivity contribution is 0.0998. The summed E-state index contributed by atoms with van der Waals surface area (Å²) in [5, 5.41) is 3.43. The lowest BCUT2D eigenvalue weighted by atomic mass is 10.2. The number of carbonyl (C=O) groups is 1. The molecule has 0 bridgehead atoms. The number of fused-ring (bicyclic) bond motifs is 1. The van der Waals surface area contributed by atoms with Crippen molar-refractivity contribution in [3.63, 3.8) is 0 Å². The van der Waals surface area contributed by atoms with Gasteiger partial charge in [0, 0.05) is 11.1 Å². The molecule has 3 rings (SSSR count). The van der Waals surface area contributed by atoms with Gasteiger partial charge in [-0.2, -0.15) is 0 Å². The molecule has 106 valence electrons. The molecular weight excluding hydrogens is 339 g/mol. The van der Waals surface area contributed by atoms with Crippen LogP contribution in [0, 0.1) is 5.82 Å². The zero-order chi connectivity index (χ0) is 15.0. The Balaban J connectivity index is 1.90. The summed E-state index contributed by atoms with van der Waals surface area (Å²) in [6.45, 7) is 0. The third-order valence-electron chi connectivity index (χ3n) is 2.97. The van der Waals surface area contributed by atoms with Crippen molar-refractivity contribution >= 4 is 44.2 Å². The van der Waals surface area contributed by atoms with Gasteiger partial charge in [0.1, 0.15) is 11.4 Å². The van der Waals surface area contributed by atoms with Crippen LogP contribution >= 0.6 is 15.9 Å². The molecule has 0 aliphatic carbocycles. The molecule has 4 nitrogen and oxygen atoms in total. The molecule has 1 aromatic heterocycles. The van der Waals surface area contributed by atoms with Crippen molar-refractivity contribution in [2.24, 2.45) is 0 Å².